The molecule has 9 heteroatoms. The first kappa shape index (κ1) is 26.3. The van der Waals surface area contributed by atoms with Gasteiger partial charge in [-0.25, -0.2) is 13.8 Å². The number of nitrogens with zero attached hydrogens (tertiary/aromatic N) is 2. The number of primary amides is 1. The van der Waals surface area contributed by atoms with Crippen LogP contribution in [0.25, 0.3) is 11.0 Å². The lowest BCUT2D eigenvalue weighted by molar-refractivity contribution is -0.128. The highest BCUT2D eigenvalue weighted by Crippen LogP contribution is 2.36. The summed E-state index contributed by atoms with van der Waals surface area (Å²) in [4.78, 5) is 34.4. The molecule has 0 radical (unpaired) electrons. The fraction of sp³-hybridized carbons (Fsp3) is 0.483. The van der Waals surface area contributed by atoms with E-state index in [9.17, 15) is 18.4 Å². The van der Waals surface area contributed by atoms with Crippen LogP contribution in [-0.4, -0.2) is 51.9 Å². The van der Waals surface area contributed by atoms with Gasteiger partial charge in [0, 0.05) is 55.3 Å². The Labute approximate surface area is 221 Å². The van der Waals surface area contributed by atoms with Gasteiger partial charge in [0.25, 0.3) is 0 Å². The molecule has 2 atom stereocenters. The Morgan fingerprint density at radius 2 is 1.92 bits per heavy atom. The van der Waals surface area contributed by atoms with Gasteiger partial charge in [-0.2, -0.15) is 0 Å². The van der Waals surface area contributed by atoms with Gasteiger partial charge in [0.15, 0.2) is 0 Å². The highest BCUT2D eigenvalue weighted by Gasteiger charge is 2.34. The van der Waals surface area contributed by atoms with Crippen LogP contribution in [0.5, 0.6) is 0 Å². The molecule has 38 heavy (non-hydrogen) atoms. The van der Waals surface area contributed by atoms with Gasteiger partial charge in [0.05, 0.1) is 6.04 Å². The molecule has 1 saturated carbocycles. The summed E-state index contributed by atoms with van der Waals surface area (Å²) in [7, 11) is 0. The molecule has 4 N–H and O–H groups in total. The standard InChI is InChI=1S/C29H35F2N5O2/c30-21-14-18(15-22(31)16-21)3-8-26(37)36-12-9-20(10-13-36)27(28(32)38)35-23-6-4-19(5-7-23)25-17-34-29-24(25)2-1-11-33-29/h1-3,8,11,14,16-20,23,27,35H,4-7,9-10,12-13,15H2,(H2,32,38)(H,33,34)/b8-3+. The number of aromatic amines is 1. The topological polar surface area (TPSA) is 104 Å². The molecule has 2 aromatic rings. The zero-order valence-corrected chi connectivity index (χ0v) is 21.4. The highest BCUT2D eigenvalue weighted by atomic mass is 19.1. The number of likely N-dealkylation sites (tertiary alicyclic amines) is 1. The van der Waals surface area contributed by atoms with E-state index in [-0.39, 0.29) is 30.2 Å². The number of pyridine rings is 1. The van der Waals surface area contributed by atoms with Gasteiger partial charge in [-0.1, -0.05) is 6.08 Å². The van der Waals surface area contributed by atoms with Gasteiger partial charge in [0.2, 0.25) is 11.8 Å². The van der Waals surface area contributed by atoms with Crippen LogP contribution in [0.2, 0.25) is 0 Å². The summed E-state index contributed by atoms with van der Waals surface area (Å²) in [6.07, 6.45) is 14.4. The van der Waals surface area contributed by atoms with Crippen LogP contribution < -0.4 is 11.1 Å². The number of halogens is 2. The number of allylic oxidation sites excluding steroid dienone is 5. The minimum Gasteiger partial charge on any atom is -0.368 e. The number of carbonyl (C=O) groups is 2. The van der Waals surface area contributed by atoms with Crippen molar-refractivity contribution in [2.24, 2.45) is 17.6 Å². The lowest BCUT2D eigenvalue weighted by atomic mass is 9.80. The van der Waals surface area contributed by atoms with Crippen LogP contribution >= 0.6 is 0 Å². The number of hydrogen-bond donors (Lipinski definition) is 3. The van der Waals surface area contributed by atoms with Gasteiger partial charge in [-0.15, -0.1) is 0 Å². The number of aromatic nitrogens is 2. The quantitative estimate of drug-likeness (QED) is 0.463. The van der Waals surface area contributed by atoms with Crippen molar-refractivity contribution >= 4 is 22.8 Å². The van der Waals surface area contributed by atoms with E-state index in [2.05, 4.69) is 27.5 Å². The van der Waals surface area contributed by atoms with E-state index in [1.807, 2.05) is 6.07 Å². The molecule has 2 unspecified atom stereocenters. The van der Waals surface area contributed by atoms with E-state index >= 15 is 0 Å². The number of H-pyrrole nitrogens is 1. The summed E-state index contributed by atoms with van der Waals surface area (Å²) >= 11 is 0. The second kappa shape index (κ2) is 11.6. The number of hydrogen-bond acceptors (Lipinski definition) is 4. The Kier molecular flexibility index (Phi) is 8.02. The molecule has 1 saturated heterocycles. The second-order valence-corrected chi connectivity index (χ2v) is 10.8. The Morgan fingerprint density at radius 3 is 2.63 bits per heavy atom. The molecule has 2 fully saturated rings. The fourth-order valence-corrected chi connectivity index (χ4v) is 6.22. The van der Waals surface area contributed by atoms with Gasteiger partial charge in [-0.05, 0) is 80.2 Å². The third kappa shape index (κ3) is 6.04. The van der Waals surface area contributed by atoms with Gasteiger partial charge in [-0.3, -0.25) is 9.59 Å². The lowest BCUT2D eigenvalue weighted by Gasteiger charge is -2.38. The number of piperidine rings is 1. The molecule has 2 aromatic heterocycles. The highest BCUT2D eigenvalue weighted by molar-refractivity contribution is 5.87. The fourth-order valence-electron chi connectivity index (χ4n) is 6.22. The van der Waals surface area contributed by atoms with Crippen molar-refractivity contribution in [3.8, 4) is 0 Å². The summed E-state index contributed by atoms with van der Waals surface area (Å²) in [6, 6.07) is 3.88. The molecular formula is C29H35F2N5O2. The lowest BCUT2D eigenvalue weighted by Crippen LogP contribution is -2.54. The number of nitrogens with two attached hydrogens (primary N) is 1. The monoisotopic (exact) mass is 523 g/mol. The summed E-state index contributed by atoms with van der Waals surface area (Å²) in [5.74, 6) is -1.61. The van der Waals surface area contributed by atoms with Crippen molar-refractivity contribution in [1.29, 1.82) is 0 Å². The Morgan fingerprint density at radius 1 is 1.16 bits per heavy atom. The molecule has 7 nitrogen and oxygen atoms in total. The first-order valence-electron chi connectivity index (χ1n) is 13.5. The van der Waals surface area contributed by atoms with Gasteiger partial charge >= 0.3 is 0 Å². The molecule has 1 aliphatic heterocycles. The minimum atomic E-state index is -0.620. The summed E-state index contributed by atoms with van der Waals surface area (Å²) in [6.45, 7) is 1.04. The van der Waals surface area contributed by atoms with E-state index in [1.54, 1.807) is 17.2 Å². The van der Waals surface area contributed by atoms with Crippen LogP contribution in [0, 0.1) is 11.8 Å². The molecule has 202 valence electrons. The molecule has 2 aliphatic carbocycles. The van der Waals surface area contributed by atoms with Crippen molar-refractivity contribution in [2.75, 3.05) is 13.1 Å². The summed E-state index contributed by atoms with van der Waals surface area (Å²) in [5, 5.41) is 4.74. The predicted molar refractivity (Wildman–Crippen MR) is 142 cm³/mol. The van der Waals surface area contributed by atoms with Crippen LogP contribution in [0.1, 0.15) is 56.4 Å². The van der Waals surface area contributed by atoms with Crippen LogP contribution in [0.3, 0.4) is 0 Å². The van der Waals surface area contributed by atoms with E-state index in [0.717, 1.165) is 37.4 Å². The van der Waals surface area contributed by atoms with Crippen molar-refractivity contribution in [3.05, 3.63) is 66.0 Å². The van der Waals surface area contributed by atoms with Crippen LogP contribution in [0.4, 0.5) is 8.78 Å². The molecule has 3 aliphatic rings. The van der Waals surface area contributed by atoms with Crippen molar-refractivity contribution < 1.29 is 18.4 Å². The average molecular weight is 524 g/mol. The van der Waals surface area contributed by atoms with E-state index in [4.69, 9.17) is 5.73 Å². The normalized spacial score (nSPS) is 25.8. The molecule has 5 rings (SSSR count). The van der Waals surface area contributed by atoms with Gasteiger partial charge in [0.1, 0.15) is 17.3 Å². The first-order valence-corrected chi connectivity index (χ1v) is 13.5. The number of amides is 2. The third-order valence-corrected chi connectivity index (χ3v) is 8.28. The molecule has 0 aromatic carbocycles. The molecule has 2 amide bonds. The average Bonchev–Trinajstić information content (AvgIpc) is 3.34. The zero-order chi connectivity index (χ0) is 26.6. The minimum absolute atomic E-state index is 0.0616. The maximum atomic E-state index is 13.5. The molecular weight excluding hydrogens is 488 g/mol. The Balaban J connectivity index is 1.11. The van der Waals surface area contributed by atoms with E-state index in [0.29, 0.717) is 31.8 Å². The van der Waals surface area contributed by atoms with Gasteiger partial charge < -0.3 is 20.9 Å². The van der Waals surface area contributed by atoms with Crippen molar-refractivity contribution in [3.63, 3.8) is 0 Å². The molecule has 0 spiro atoms. The van der Waals surface area contributed by atoms with Crippen LogP contribution in [0.15, 0.2) is 60.5 Å². The zero-order valence-electron chi connectivity index (χ0n) is 21.4. The van der Waals surface area contributed by atoms with E-state index in [1.165, 1.54) is 23.1 Å². The largest absolute Gasteiger partial charge is 0.368 e. The van der Waals surface area contributed by atoms with E-state index < -0.39 is 23.6 Å². The van der Waals surface area contributed by atoms with Crippen LogP contribution in [-0.2, 0) is 9.59 Å². The van der Waals surface area contributed by atoms with Crippen molar-refractivity contribution in [2.45, 2.75) is 62.9 Å². The number of fused-ring (bicyclic) bond motifs is 1. The molecule has 0 bridgehead atoms. The van der Waals surface area contributed by atoms with Crippen molar-refractivity contribution in [1.82, 2.24) is 20.2 Å². The maximum absolute atomic E-state index is 13.5. The SMILES string of the molecule is NC(=O)C(NC1CCC(c2c[nH]c3ncccc23)CC1)C1CCN(C(=O)/C=C/C2C=C(F)C=C(F)C2)CC1. The smallest absolute Gasteiger partial charge is 0.246 e. The number of rotatable bonds is 7. The third-order valence-electron chi connectivity index (χ3n) is 8.28. The predicted octanol–water partition coefficient (Wildman–Crippen LogP) is 4.55. The number of carbonyl (C=O) groups excluding carboxylic acids is 2. The molecule has 3 heterocycles. The Hall–Kier alpha value is -3.33. The maximum Gasteiger partial charge on any atom is 0.246 e. The summed E-state index contributed by atoms with van der Waals surface area (Å²) in [5.41, 5.74) is 8.06. The Bertz CT molecular complexity index is 1250. The second-order valence-electron chi connectivity index (χ2n) is 10.8. The number of nitrogens with one attached hydrogen (secondary N) is 2. The summed E-state index contributed by atoms with van der Waals surface area (Å²) < 4.78 is 26.9. The first-order chi connectivity index (χ1) is 18.4.